The number of hydrogen-bond donors (Lipinski definition) is 2. The van der Waals surface area contributed by atoms with Gasteiger partial charge in [0.1, 0.15) is 5.82 Å². The van der Waals surface area contributed by atoms with Crippen molar-refractivity contribution in [3.63, 3.8) is 0 Å². The molecule has 0 bridgehead atoms. The van der Waals surface area contributed by atoms with Gasteiger partial charge in [-0.25, -0.2) is 4.68 Å². The van der Waals surface area contributed by atoms with E-state index in [2.05, 4.69) is 26.7 Å². The van der Waals surface area contributed by atoms with Crippen LogP contribution in [0.5, 0.6) is 0 Å². The molecule has 2 aromatic heterocycles. The Morgan fingerprint density at radius 3 is 2.80 bits per heavy atom. The normalized spacial score (nSPS) is 15.9. The van der Waals surface area contributed by atoms with Crippen molar-refractivity contribution < 1.29 is 9.59 Å². The highest BCUT2D eigenvalue weighted by molar-refractivity contribution is 7.09. The van der Waals surface area contributed by atoms with Crippen LogP contribution in [0.25, 0.3) is 0 Å². The summed E-state index contributed by atoms with van der Waals surface area (Å²) in [5, 5.41) is 11.9. The van der Waals surface area contributed by atoms with Gasteiger partial charge in [-0.05, 0) is 37.4 Å². The minimum atomic E-state index is -0.0497. The van der Waals surface area contributed by atoms with Crippen LogP contribution < -0.4 is 10.6 Å². The Kier molecular flexibility index (Phi) is 5.83. The number of anilines is 1. The second kappa shape index (κ2) is 8.26. The number of rotatable bonds is 6. The largest absolute Gasteiger partial charge is 0.359 e. The van der Waals surface area contributed by atoms with Gasteiger partial charge in [-0.1, -0.05) is 6.07 Å². The fourth-order valence-electron chi connectivity index (χ4n) is 3.06. The van der Waals surface area contributed by atoms with Gasteiger partial charge in [-0.2, -0.15) is 5.10 Å². The smallest absolute Gasteiger partial charge is 0.239 e. The summed E-state index contributed by atoms with van der Waals surface area (Å²) in [6, 6.07) is 5.86. The Labute approximate surface area is 151 Å². The molecule has 1 aliphatic rings. The fraction of sp³-hybridized carbons (Fsp3) is 0.471. The van der Waals surface area contributed by atoms with Crippen LogP contribution in [0.3, 0.4) is 0 Å². The quantitative estimate of drug-likeness (QED) is 0.815. The summed E-state index contributed by atoms with van der Waals surface area (Å²) in [5.74, 6) is 0.822. The average Bonchev–Trinajstić information content (AvgIpc) is 3.28. The van der Waals surface area contributed by atoms with Gasteiger partial charge < -0.3 is 10.6 Å². The summed E-state index contributed by atoms with van der Waals surface area (Å²) in [4.78, 5) is 27.3. The lowest BCUT2D eigenvalue weighted by Crippen LogP contribution is -2.42. The van der Waals surface area contributed by atoms with Crippen LogP contribution in [0.2, 0.25) is 0 Å². The lowest BCUT2D eigenvalue weighted by atomic mass is 9.96. The van der Waals surface area contributed by atoms with Gasteiger partial charge in [0.25, 0.3) is 0 Å². The molecule has 3 heterocycles. The third-order valence-corrected chi connectivity index (χ3v) is 5.30. The summed E-state index contributed by atoms with van der Waals surface area (Å²) >= 11 is 1.67. The van der Waals surface area contributed by atoms with Crippen molar-refractivity contribution in [1.29, 1.82) is 0 Å². The van der Waals surface area contributed by atoms with Gasteiger partial charge in [0.2, 0.25) is 11.8 Å². The predicted molar refractivity (Wildman–Crippen MR) is 97.5 cm³/mol. The van der Waals surface area contributed by atoms with Crippen molar-refractivity contribution in [2.45, 2.75) is 19.4 Å². The zero-order valence-electron chi connectivity index (χ0n) is 14.3. The van der Waals surface area contributed by atoms with Crippen molar-refractivity contribution in [1.82, 2.24) is 20.0 Å². The number of nitrogens with one attached hydrogen (secondary N) is 2. The molecule has 8 heteroatoms. The van der Waals surface area contributed by atoms with Crippen molar-refractivity contribution in [2.24, 2.45) is 5.92 Å². The standard InChI is InChI=1S/C17H23N5O2S/c1-18-17(24)13-5-8-21(9-6-13)12-16(23)20-15-4-7-19-22(15)11-14-3-2-10-25-14/h2-4,7,10,13H,5-6,8-9,11-12H2,1H3,(H,18,24)(H,20,23). The van der Waals surface area contributed by atoms with E-state index in [1.54, 1.807) is 29.3 Å². The van der Waals surface area contributed by atoms with Crippen LogP contribution in [0.15, 0.2) is 29.8 Å². The molecule has 0 aromatic carbocycles. The van der Waals surface area contributed by atoms with E-state index in [4.69, 9.17) is 0 Å². The third kappa shape index (κ3) is 4.67. The first-order valence-corrected chi connectivity index (χ1v) is 9.31. The van der Waals surface area contributed by atoms with E-state index in [0.717, 1.165) is 25.9 Å². The first-order valence-electron chi connectivity index (χ1n) is 8.43. The first-order chi connectivity index (χ1) is 12.2. The molecule has 1 fully saturated rings. The molecule has 0 atom stereocenters. The van der Waals surface area contributed by atoms with Crippen molar-refractivity contribution in [3.8, 4) is 0 Å². The number of hydrogen-bond acceptors (Lipinski definition) is 5. The monoisotopic (exact) mass is 361 g/mol. The van der Waals surface area contributed by atoms with Gasteiger partial charge in [-0.3, -0.25) is 14.5 Å². The topological polar surface area (TPSA) is 79.3 Å². The average molecular weight is 361 g/mol. The van der Waals surface area contributed by atoms with Crippen molar-refractivity contribution in [2.75, 3.05) is 32.0 Å². The molecule has 7 nitrogen and oxygen atoms in total. The summed E-state index contributed by atoms with van der Waals surface area (Å²) in [7, 11) is 1.67. The highest BCUT2D eigenvalue weighted by Gasteiger charge is 2.25. The molecule has 25 heavy (non-hydrogen) atoms. The Morgan fingerprint density at radius 2 is 2.12 bits per heavy atom. The van der Waals surface area contributed by atoms with E-state index in [0.29, 0.717) is 18.9 Å². The number of aromatic nitrogens is 2. The van der Waals surface area contributed by atoms with Crippen LogP contribution in [0.1, 0.15) is 17.7 Å². The molecule has 0 aliphatic carbocycles. The maximum absolute atomic E-state index is 12.3. The van der Waals surface area contributed by atoms with Crippen molar-refractivity contribution in [3.05, 3.63) is 34.7 Å². The molecule has 2 amide bonds. The van der Waals surface area contributed by atoms with Gasteiger partial charge in [0, 0.05) is 23.9 Å². The zero-order valence-corrected chi connectivity index (χ0v) is 15.1. The van der Waals surface area contributed by atoms with E-state index < -0.39 is 0 Å². The van der Waals surface area contributed by atoms with E-state index in [9.17, 15) is 9.59 Å². The van der Waals surface area contributed by atoms with Gasteiger partial charge in [0.15, 0.2) is 0 Å². The fourth-order valence-corrected chi connectivity index (χ4v) is 3.74. The SMILES string of the molecule is CNC(=O)C1CCN(CC(=O)Nc2ccnn2Cc2cccs2)CC1. The second-order valence-electron chi connectivity index (χ2n) is 6.17. The van der Waals surface area contributed by atoms with E-state index in [1.807, 2.05) is 17.5 Å². The first kappa shape index (κ1) is 17.6. The number of nitrogens with zero attached hydrogens (tertiary/aromatic N) is 3. The summed E-state index contributed by atoms with van der Waals surface area (Å²) in [5.41, 5.74) is 0. The summed E-state index contributed by atoms with van der Waals surface area (Å²) in [6.45, 7) is 2.52. The Balaban J connectivity index is 1.49. The Hall–Kier alpha value is -2.19. The number of amides is 2. The van der Waals surface area contributed by atoms with E-state index >= 15 is 0 Å². The second-order valence-corrected chi connectivity index (χ2v) is 7.20. The maximum atomic E-state index is 12.3. The molecule has 0 saturated carbocycles. The lowest BCUT2D eigenvalue weighted by molar-refractivity contribution is -0.126. The van der Waals surface area contributed by atoms with Gasteiger partial charge in [0.05, 0.1) is 19.3 Å². The number of thiophene rings is 1. The maximum Gasteiger partial charge on any atom is 0.239 e. The molecular formula is C17H23N5O2S. The Bertz CT molecular complexity index is 704. The van der Waals surface area contributed by atoms with Crippen LogP contribution in [-0.2, 0) is 16.1 Å². The molecule has 2 N–H and O–H groups in total. The Morgan fingerprint density at radius 1 is 1.32 bits per heavy atom. The van der Waals surface area contributed by atoms with E-state index in [-0.39, 0.29) is 17.7 Å². The highest BCUT2D eigenvalue weighted by Crippen LogP contribution is 2.18. The van der Waals surface area contributed by atoms with Gasteiger partial charge >= 0.3 is 0 Å². The molecule has 1 saturated heterocycles. The number of carbonyl (C=O) groups excluding carboxylic acids is 2. The van der Waals surface area contributed by atoms with Crippen LogP contribution >= 0.6 is 11.3 Å². The minimum Gasteiger partial charge on any atom is -0.359 e. The molecular weight excluding hydrogens is 338 g/mol. The van der Waals surface area contributed by atoms with E-state index in [1.165, 1.54) is 4.88 Å². The van der Waals surface area contributed by atoms with Crippen LogP contribution in [0.4, 0.5) is 5.82 Å². The molecule has 0 unspecified atom stereocenters. The third-order valence-electron chi connectivity index (χ3n) is 4.44. The number of carbonyl (C=O) groups is 2. The lowest BCUT2D eigenvalue weighted by Gasteiger charge is -2.30. The molecule has 134 valence electrons. The van der Waals surface area contributed by atoms with Crippen molar-refractivity contribution >= 4 is 29.0 Å². The summed E-state index contributed by atoms with van der Waals surface area (Å²) in [6.07, 6.45) is 3.28. The minimum absolute atomic E-state index is 0.0497. The number of likely N-dealkylation sites (tertiary alicyclic amines) is 1. The van der Waals surface area contributed by atoms with Gasteiger partial charge in [-0.15, -0.1) is 11.3 Å². The summed E-state index contributed by atoms with van der Waals surface area (Å²) < 4.78 is 1.79. The zero-order chi connectivity index (χ0) is 17.6. The molecule has 0 radical (unpaired) electrons. The van der Waals surface area contributed by atoms with Crippen LogP contribution in [0, 0.1) is 5.92 Å². The number of piperidine rings is 1. The molecule has 2 aromatic rings. The highest BCUT2D eigenvalue weighted by atomic mass is 32.1. The molecule has 3 rings (SSSR count). The predicted octanol–water partition coefficient (Wildman–Crippen LogP) is 1.39. The molecule has 0 spiro atoms. The van der Waals surface area contributed by atoms with Crippen LogP contribution in [-0.4, -0.2) is 53.2 Å². The molecule has 1 aliphatic heterocycles.